The normalized spacial score (nSPS) is 13.9. The van der Waals surface area contributed by atoms with Gasteiger partial charge in [0.05, 0.1) is 12.7 Å². The van der Waals surface area contributed by atoms with Crippen LogP contribution in [0, 0.1) is 0 Å². The molecule has 1 heterocycles. The number of benzene rings is 2. The molecule has 0 amide bonds. The van der Waals surface area contributed by atoms with Gasteiger partial charge >= 0.3 is 0 Å². The molecule has 2 aromatic rings. The van der Waals surface area contributed by atoms with Gasteiger partial charge in [-0.3, -0.25) is 4.99 Å². The first kappa shape index (κ1) is 22.5. The summed E-state index contributed by atoms with van der Waals surface area (Å²) in [5.74, 6) is 1.82. The lowest BCUT2D eigenvalue weighted by Crippen LogP contribution is -2.38. The fourth-order valence-electron chi connectivity index (χ4n) is 3.20. The molecule has 0 spiro atoms. The van der Waals surface area contributed by atoms with E-state index in [2.05, 4.69) is 40.7 Å². The molecule has 6 heteroatoms. The van der Waals surface area contributed by atoms with E-state index in [1.54, 1.807) is 0 Å². The molecule has 5 nitrogen and oxygen atoms in total. The number of halogens is 1. The lowest BCUT2D eigenvalue weighted by molar-refractivity contribution is 0.170. The van der Waals surface area contributed by atoms with Crippen molar-refractivity contribution < 1.29 is 9.84 Å². The topological polar surface area (TPSA) is 65.9 Å². The summed E-state index contributed by atoms with van der Waals surface area (Å²) in [6.07, 6.45) is 2.06. The zero-order valence-electron chi connectivity index (χ0n) is 16.4. The Morgan fingerprint density at radius 1 is 1.18 bits per heavy atom. The van der Waals surface area contributed by atoms with E-state index < -0.39 is 6.10 Å². The Balaban J connectivity index is 0.00000280. The van der Waals surface area contributed by atoms with Crippen LogP contribution in [0.3, 0.4) is 0 Å². The molecule has 0 aromatic heterocycles. The maximum Gasteiger partial charge on any atom is 0.191 e. The maximum atomic E-state index is 10.2. The van der Waals surface area contributed by atoms with Crippen LogP contribution in [0.25, 0.3) is 0 Å². The predicted molar refractivity (Wildman–Crippen MR) is 125 cm³/mol. The van der Waals surface area contributed by atoms with Gasteiger partial charge < -0.3 is 20.5 Å². The standard InChI is InChI=1S/C22H29N3O2.HI/c1-2-23-22(25-14-11-20(26)18-6-4-3-5-7-18)24-13-10-17-8-9-21-19(16-17)12-15-27-21;/h3-9,16,20,26H,2,10-15H2,1H3,(H2,23,24,25);1H. The van der Waals surface area contributed by atoms with Crippen molar-refractivity contribution in [2.45, 2.75) is 32.3 Å². The summed E-state index contributed by atoms with van der Waals surface area (Å²) in [5.41, 5.74) is 3.55. The fourth-order valence-corrected chi connectivity index (χ4v) is 3.20. The number of rotatable bonds is 8. The Hall–Kier alpha value is -1.80. The second-order valence-electron chi connectivity index (χ2n) is 6.69. The van der Waals surface area contributed by atoms with Crippen molar-refractivity contribution in [3.05, 3.63) is 65.2 Å². The minimum atomic E-state index is -0.480. The van der Waals surface area contributed by atoms with Crippen molar-refractivity contribution >= 4 is 29.9 Å². The van der Waals surface area contributed by atoms with Crippen LogP contribution in [0.4, 0.5) is 0 Å². The third-order valence-corrected chi connectivity index (χ3v) is 4.66. The largest absolute Gasteiger partial charge is 0.493 e. The zero-order chi connectivity index (χ0) is 18.9. The highest BCUT2D eigenvalue weighted by molar-refractivity contribution is 14.0. The number of aliphatic imine (C=N–C) groups is 1. The molecule has 0 bridgehead atoms. The Morgan fingerprint density at radius 2 is 2.00 bits per heavy atom. The Labute approximate surface area is 184 Å². The third kappa shape index (κ3) is 6.67. The highest BCUT2D eigenvalue weighted by Gasteiger charge is 2.12. The van der Waals surface area contributed by atoms with Gasteiger partial charge in [-0.25, -0.2) is 0 Å². The molecule has 0 radical (unpaired) electrons. The van der Waals surface area contributed by atoms with Gasteiger partial charge in [0, 0.05) is 26.1 Å². The molecule has 3 rings (SSSR count). The molecule has 2 aromatic carbocycles. The summed E-state index contributed by atoms with van der Waals surface area (Å²) in [4.78, 5) is 4.58. The van der Waals surface area contributed by atoms with E-state index in [0.717, 1.165) is 49.8 Å². The number of ether oxygens (including phenoxy) is 1. The lowest BCUT2D eigenvalue weighted by Gasteiger charge is -2.13. The molecule has 152 valence electrons. The summed E-state index contributed by atoms with van der Waals surface area (Å²) < 4.78 is 5.56. The number of fused-ring (bicyclic) bond motifs is 1. The Bertz CT molecular complexity index is 753. The van der Waals surface area contributed by atoms with Gasteiger partial charge in [-0.2, -0.15) is 0 Å². The number of aliphatic hydroxyl groups excluding tert-OH is 1. The molecule has 1 aliphatic rings. The van der Waals surface area contributed by atoms with Gasteiger partial charge in [0.2, 0.25) is 0 Å². The SMILES string of the molecule is CCNC(=NCCC(O)c1ccccc1)NCCc1ccc2c(c1)CCO2.I. The van der Waals surface area contributed by atoms with Crippen molar-refractivity contribution in [3.63, 3.8) is 0 Å². The van der Waals surface area contributed by atoms with E-state index >= 15 is 0 Å². The van der Waals surface area contributed by atoms with E-state index in [4.69, 9.17) is 4.74 Å². The van der Waals surface area contributed by atoms with E-state index in [1.807, 2.05) is 30.3 Å². The number of hydrogen-bond donors (Lipinski definition) is 3. The number of hydrogen-bond acceptors (Lipinski definition) is 3. The van der Waals surface area contributed by atoms with Crippen molar-refractivity contribution in [1.29, 1.82) is 0 Å². The minimum Gasteiger partial charge on any atom is -0.493 e. The van der Waals surface area contributed by atoms with Gasteiger partial charge in [-0.05, 0) is 42.5 Å². The number of nitrogens with one attached hydrogen (secondary N) is 2. The molecule has 0 fully saturated rings. The average Bonchev–Trinajstić information content (AvgIpc) is 3.16. The van der Waals surface area contributed by atoms with Gasteiger partial charge in [-0.1, -0.05) is 42.5 Å². The highest BCUT2D eigenvalue weighted by Crippen LogP contribution is 2.25. The van der Waals surface area contributed by atoms with Crippen LogP contribution in [0.5, 0.6) is 5.75 Å². The summed E-state index contributed by atoms with van der Waals surface area (Å²) in [5, 5.41) is 16.9. The van der Waals surface area contributed by atoms with Crippen LogP contribution in [0.1, 0.15) is 36.1 Å². The molecule has 0 saturated heterocycles. The Morgan fingerprint density at radius 3 is 2.79 bits per heavy atom. The predicted octanol–water partition coefficient (Wildman–Crippen LogP) is 3.46. The van der Waals surface area contributed by atoms with Crippen LogP contribution in [0.15, 0.2) is 53.5 Å². The highest BCUT2D eigenvalue weighted by atomic mass is 127. The lowest BCUT2D eigenvalue weighted by atomic mass is 10.1. The van der Waals surface area contributed by atoms with E-state index in [1.165, 1.54) is 11.1 Å². The summed E-state index contributed by atoms with van der Waals surface area (Å²) in [6.45, 7) is 5.04. The number of aliphatic hydroxyl groups is 1. The van der Waals surface area contributed by atoms with Gasteiger partial charge in [0.25, 0.3) is 0 Å². The van der Waals surface area contributed by atoms with Gasteiger partial charge in [-0.15, -0.1) is 24.0 Å². The third-order valence-electron chi connectivity index (χ3n) is 4.66. The van der Waals surface area contributed by atoms with Crippen LogP contribution in [-0.2, 0) is 12.8 Å². The van der Waals surface area contributed by atoms with Crippen molar-refractivity contribution in [1.82, 2.24) is 10.6 Å². The van der Waals surface area contributed by atoms with Gasteiger partial charge in [0.15, 0.2) is 5.96 Å². The molecule has 3 N–H and O–H groups in total. The quantitative estimate of drug-likeness (QED) is 0.298. The van der Waals surface area contributed by atoms with Crippen LogP contribution < -0.4 is 15.4 Å². The van der Waals surface area contributed by atoms with Crippen molar-refractivity contribution in [2.75, 3.05) is 26.2 Å². The molecule has 0 aliphatic carbocycles. The second-order valence-corrected chi connectivity index (χ2v) is 6.69. The maximum absolute atomic E-state index is 10.2. The summed E-state index contributed by atoms with van der Waals surface area (Å²) in [6, 6.07) is 16.2. The monoisotopic (exact) mass is 495 g/mol. The molecular weight excluding hydrogens is 465 g/mol. The zero-order valence-corrected chi connectivity index (χ0v) is 18.7. The fraction of sp³-hybridized carbons (Fsp3) is 0.409. The second kappa shape index (κ2) is 11.9. The molecule has 1 unspecified atom stereocenters. The van der Waals surface area contributed by atoms with Gasteiger partial charge in [0.1, 0.15) is 5.75 Å². The van der Waals surface area contributed by atoms with E-state index in [-0.39, 0.29) is 24.0 Å². The first-order valence-electron chi connectivity index (χ1n) is 9.76. The van der Waals surface area contributed by atoms with Crippen LogP contribution in [-0.4, -0.2) is 37.3 Å². The van der Waals surface area contributed by atoms with Crippen LogP contribution in [0.2, 0.25) is 0 Å². The molecule has 0 saturated carbocycles. The van der Waals surface area contributed by atoms with E-state index in [0.29, 0.717) is 13.0 Å². The molecular formula is C22H30IN3O2. The molecule has 1 aliphatic heterocycles. The van der Waals surface area contributed by atoms with Crippen LogP contribution >= 0.6 is 24.0 Å². The van der Waals surface area contributed by atoms with Crippen molar-refractivity contribution in [3.8, 4) is 5.75 Å². The number of nitrogens with zero attached hydrogens (tertiary/aromatic N) is 1. The summed E-state index contributed by atoms with van der Waals surface area (Å²) in [7, 11) is 0. The first-order valence-corrected chi connectivity index (χ1v) is 9.76. The smallest absolute Gasteiger partial charge is 0.191 e. The minimum absolute atomic E-state index is 0. The van der Waals surface area contributed by atoms with Crippen molar-refractivity contribution in [2.24, 2.45) is 4.99 Å². The van der Waals surface area contributed by atoms with E-state index in [9.17, 15) is 5.11 Å². The first-order chi connectivity index (χ1) is 13.3. The average molecular weight is 495 g/mol. The molecule has 1 atom stereocenters. The summed E-state index contributed by atoms with van der Waals surface area (Å²) >= 11 is 0. The number of guanidine groups is 1. The molecule has 28 heavy (non-hydrogen) atoms. The Kier molecular flexibility index (Phi) is 9.57.